The Kier molecular flexibility index (Phi) is 10.3. The quantitative estimate of drug-likeness (QED) is 0.818. The molecule has 6 heteroatoms. The maximum absolute atomic E-state index is 12.3. The van der Waals surface area contributed by atoms with Crippen LogP contribution < -0.4 is 11.1 Å². The van der Waals surface area contributed by atoms with Crippen molar-refractivity contribution in [3.63, 3.8) is 0 Å². The fourth-order valence-corrected chi connectivity index (χ4v) is 2.47. The summed E-state index contributed by atoms with van der Waals surface area (Å²) in [6.07, 6.45) is 3.61. The smallest absolute Gasteiger partial charge is 0.241 e. The number of nitrogens with zero attached hydrogens (tertiary/aromatic N) is 1. The third-order valence-electron chi connectivity index (χ3n) is 3.85. The second kappa shape index (κ2) is 11.0. The van der Waals surface area contributed by atoms with Crippen LogP contribution in [0.15, 0.2) is 54.9 Å². The summed E-state index contributed by atoms with van der Waals surface area (Å²) in [5.41, 5.74) is 7.97. The van der Waals surface area contributed by atoms with Crippen LogP contribution in [0.25, 0.3) is 0 Å². The third kappa shape index (κ3) is 6.11. The highest BCUT2D eigenvalue weighted by molar-refractivity contribution is 5.85. The summed E-state index contributed by atoms with van der Waals surface area (Å²) in [4.78, 5) is 16.4. The molecule has 2 aromatic rings. The summed E-state index contributed by atoms with van der Waals surface area (Å²) >= 11 is 0. The van der Waals surface area contributed by atoms with Gasteiger partial charge in [0.05, 0.1) is 0 Å². The Morgan fingerprint density at radius 3 is 2.25 bits per heavy atom. The van der Waals surface area contributed by atoms with Gasteiger partial charge in [-0.15, -0.1) is 24.8 Å². The second-order valence-corrected chi connectivity index (χ2v) is 5.77. The first-order valence-corrected chi connectivity index (χ1v) is 7.57. The van der Waals surface area contributed by atoms with E-state index in [1.54, 1.807) is 6.20 Å². The van der Waals surface area contributed by atoms with E-state index in [1.807, 2.05) is 48.7 Å². The van der Waals surface area contributed by atoms with Crippen molar-refractivity contribution in [2.24, 2.45) is 11.7 Å². The van der Waals surface area contributed by atoms with Crippen molar-refractivity contribution in [1.82, 2.24) is 10.3 Å². The molecule has 0 aliphatic carbocycles. The monoisotopic (exact) mass is 369 g/mol. The molecule has 0 saturated carbocycles. The summed E-state index contributed by atoms with van der Waals surface area (Å²) in [5.74, 6) is 0.471. The summed E-state index contributed by atoms with van der Waals surface area (Å²) < 4.78 is 0. The highest BCUT2D eigenvalue weighted by Crippen LogP contribution is 2.23. The second-order valence-electron chi connectivity index (χ2n) is 5.77. The number of aromatic nitrogens is 1. The molecule has 0 fully saturated rings. The Hall–Kier alpha value is -1.62. The van der Waals surface area contributed by atoms with E-state index in [0.717, 1.165) is 11.1 Å². The molecule has 2 atom stereocenters. The third-order valence-corrected chi connectivity index (χ3v) is 3.85. The molecule has 1 amide bonds. The highest BCUT2D eigenvalue weighted by Gasteiger charge is 2.20. The van der Waals surface area contributed by atoms with E-state index in [9.17, 15) is 4.79 Å². The number of hydrogen-bond donors (Lipinski definition) is 2. The van der Waals surface area contributed by atoms with Gasteiger partial charge in [0.1, 0.15) is 6.04 Å². The molecule has 3 N–H and O–H groups in total. The molecule has 2 rings (SSSR count). The van der Waals surface area contributed by atoms with Crippen LogP contribution in [-0.2, 0) is 4.79 Å². The molecule has 0 aliphatic rings. The first kappa shape index (κ1) is 22.4. The molecule has 1 aromatic carbocycles. The van der Waals surface area contributed by atoms with Gasteiger partial charge < -0.3 is 11.1 Å². The molecule has 1 heterocycles. The number of amides is 1. The van der Waals surface area contributed by atoms with Crippen LogP contribution in [0.5, 0.6) is 0 Å². The Balaban J connectivity index is 0.00000264. The van der Waals surface area contributed by atoms with Crippen LogP contribution in [0.4, 0.5) is 0 Å². The lowest BCUT2D eigenvalue weighted by Crippen LogP contribution is -2.37. The molecule has 0 bridgehead atoms. The Bertz CT molecular complexity index is 594. The van der Waals surface area contributed by atoms with Crippen LogP contribution in [-0.4, -0.2) is 17.4 Å². The van der Waals surface area contributed by atoms with E-state index in [4.69, 9.17) is 5.73 Å². The average molecular weight is 370 g/mol. The van der Waals surface area contributed by atoms with Crippen molar-refractivity contribution in [3.05, 3.63) is 66.0 Å². The van der Waals surface area contributed by atoms with Crippen LogP contribution in [0.3, 0.4) is 0 Å². The number of pyridine rings is 1. The van der Waals surface area contributed by atoms with Crippen molar-refractivity contribution in [1.29, 1.82) is 0 Å². The Labute approximate surface area is 156 Å². The number of carbonyl (C=O) groups is 1. The van der Waals surface area contributed by atoms with E-state index in [-0.39, 0.29) is 36.6 Å². The molecule has 0 spiro atoms. The molecular formula is C18H25Cl2N3O. The van der Waals surface area contributed by atoms with E-state index >= 15 is 0 Å². The van der Waals surface area contributed by atoms with Gasteiger partial charge in [0.15, 0.2) is 0 Å². The molecule has 0 radical (unpaired) electrons. The molecule has 2 unspecified atom stereocenters. The fraction of sp³-hybridized carbons (Fsp3) is 0.333. The van der Waals surface area contributed by atoms with Gasteiger partial charge in [-0.25, -0.2) is 0 Å². The first-order chi connectivity index (χ1) is 10.6. The Morgan fingerprint density at radius 1 is 1.08 bits per heavy atom. The van der Waals surface area contributed by atoms with E-state index < -0.39 is 6.04 Å². The van der Waals surface area contributed by atoms with Gasteiger partial charge in [0.25, 0.3) is 0 Å². The van der Waals surface area contributed by atoms with E-state index in [0.29, 0.717) is 12.5 Å². The number of carbonyl (C=O) groups excluding carboxylic acids is 1. The minimum Gasteiger partial charge on any atom is -0.354 e. The molecule has 1 aromatic heterocycles. The van der Waals surface area contributed by atoms with Gasteiger partial charge >= 0.3 is 0 Å². The Morgan fingerprint density at radius 2 is 1.71 bits per heavy atom. The molecule has 132 valence electrons. The zero-order valence-corrected chi connectivity index (χ0v) is 15.5. The van der Waals surface area contributed by atoms with Gasteiger partial charge in [-0.1, -0.05) is 50.2 Å². The standard InChI is InChI=1S/C18H23N3O.2ClH/c1-13(2)16(15-9-6-10-20-11-15)12-21-18(22)17(19)14-7-4-3-5-8-14;;/h3-11,13,16-17H,12,19H2,1-2H3,(H,21,22);2*1H. The minimum absolute atomic E-state index is 0. The number of halogens is 2. The van der Waals surface area contributed by atoms with Gasteiger partial charge in [0.2, 0.25) is 5.91 Å². The van der Waals surface area contributed by atoms with Crippen molar-refractivity contribution < 1.29 is 4.79 Å². The summed E-state index contributed by atoms with van der Waals surface area (Å²) in [7, 11) is 0. The first-order valence-electron chi connectivity index (χ1n) is 7.57. The zero-order chi connectivity index (χ0) is 15.9. The molecule has 0 aliphatic heterocycles. The lowest BCUT2D eigenvalue weighted by Gasteiger charge is -2.22. The number of hydrogen-bond acceptors (Lipinski definition) is 3. The van der Waals surface area contributed by atoms with Crippen LogP contribution >= 0.6 is 24.8 Å². The number of benzene rings is 1. The van der Waals surface area contributed by atoms with Crippen LogP contribution in [0, 0.1) is 5.92 Å². The minimum atomic E-state index is -0.636. The summed E-state index contributed by atoms with van der Waals surface area (Å²) in [6.45, 7) is 4.84. The molecular weight excluding hydrogens is 345 g/mol. The average Bonchev–Trinajstić information content (AvgIpc) is 2.55. The van der Waals surface area contributed by atoms with Gasteiger partial charge in [-0.2, -0.15) is 0 Å². The van der Waals surface area contributed by atoms with Crippen molar-refractivity contribution in [2.75, 3.05) is 6.54 Å². The maximum Gasteiger partial charge on any atom is 0.241 e. The van der Waals surface area contributed by atoms with Crippen LogP contribution in [0.1, 0.15) is 36.9 Å². The number of nitrogens with one attached hydrogen (secondary N) is 1. The van der Waals surface area contributed by atoms with Gasteiger partial charge in [-0.3, -0.25) is 9.78 Å². The van der Waals surface area contributed by atoms with Crippen molar-refractivity contribution >= 4 is 30.7 Å². The zero-order valence-electron chi connectivity index (χ0n) is 13.9. The predicted octanol–water partition coefficient (Wildman–Crippen LogP) is 3.48. The molecule has 24 heavy (non-hydrogen) atoms. The van der Waals surface area contributed by atoms with Gasteiger partial charge in [0, 0.05) is 24.9 Å². The number of nitrogens with two attached hydrogens (primary N) is 1. The number of rotatable bonds is 6. The summed E-state index contributed by atoms with van der Waals surface area (Å²) in [5, 5.41) is 2.97. The summed E-state index contributed by atoms with van der Waals surface area (Å²) in [6, 6.07) is 12.7. The van der Waals surface area contributed by atoms with E-state index in [2.05, 4.69) is 24.1 Å². The lowest BCUT2D eigenvalue weighted by atomic mass is 9.89. The van der Waals surface area contributed by atoms with Gasteiger partial charge in [-0.05, 0) is 23.1 Å². The SMILES string of the molecule is CC(C)C(CNC(=O)C(N)c1ccccc1)c1cccnc1.Cl.Cl. The lowest BCUT2D eigenvalue weighted by molar-refractivity contribution is -0.122. The van der Waals surface area contributed by atoms with Crippen molar-refractivity contribution in [2.45, 2.75) is 25.8 Å². The largest absolute Gasteiger partial charge is 0.354 e. The molecule has 0 saturated heterocycles. The van der Waals surface area contributed by atoms with E-state index in [1.165, 1.54) is 0 Å². The van der Waals surface area contributed by atoms with Crippen LogP contribution in [0.2, 0.25) is 0 Å². The normalized spacial score (nSPS) is 12.5. The fourth-order valence-electron chi connectivity index (χ4n) is 2.47. The maximum atomic E-state index is 12.3. The van der Waals surface area contributed by atoms with Crippen molar-refractivity contribution in [3.8, 4) is 0 Å². The topological polar surface area (TPSA) is 68.0 Å². The molecule has 4 nitrogen and oxygen atoms in total. The predicted molar refractivity (Wildman–Crippen MR) is 103 cm³/mol. The highest BCUT2D eigenvalue weighted by atomic mass is 35.5.